The summed E-state index contributed by atoms with van der Waals surface area (Å²) < 4.78 is 10.9. The van der Waals surface area contributed by atoms with Crippen LogP contribution in [-0.2, 0) is 22.4 Å². The van der Waals surface area contributed by atoms with Gasteiger partial charge in [0.1, 0.15) is 17.1 Å². The van der Waals surface area contributed by atoms with Crippen molar-refractivity contribution in [1.29, 1.82) is 0 Å². The molecule has 6 aromatic rings. The van der Waals surface area contributed by atoms with E-state index in [4.69, 9.17) is 21.1 Å². The van der Waals surface area contributed by atoms with Gasteiger partial charge in [-0.2, -0.15) is 0 Å². The maximum atomic E-state index is 11.5. The van der Waals surface area contributed by atoms with Crippen LogP contribution in [0.5, 0.6) is 11.5 Å². The van der Waals surface area contributed by atoms with Gasteiger partial charge in [0, 0.05) is 92.9 Å². The molecule has 306 valence electrons. The number of anilines is 4. The first kappa shape index (κ1) is 38.7. The number of hydrogen-bond acceptors (Lipinski definition) is 9. The fraction of sp³-hybridized carbons (Fsp3) is 0.356. The Bertz CT molecular complexity index is 2430. The molecule has 0 aliphatic carbocycles. The van der Waals surface area contributed by atoms with Crippen molar-refractivity contribution in [2.45, 2.75) is 25.7 Å². The summed E-state index contributed by atoms with van der Waals surface area (Å²) in [4.78, 5) is 43.8. The average Bonchev–Trinajstić information content (AvgIpc) is 3.95. The van der Waals surface area contributed by atoms with E-state index in [0.717, 1.165) is 136 Å². The lowest BCUT2D eigenvalue weighted by molar-refractivity contribution is -0.119. The van der Waals surface area contributed by atoms with Crippen LogP contribution < -0.4 is 29.9 Å². The lowest BCUT2D eigenvalue weighted by atomic mass is 10.1. The minimum absolute atomic E-state index is 0.0846. The SMILES string of the molecule is O=C1COc2ccc(CCCN3CCN(c4c(Cl)ccc5[nH]ccc45)CC3)cc2N1.O=C1COc2ccc(CCCN3CCN(c4ccnc5[nH]ccc45)CC3)cc2N1. The fourth-order valence-electron chi connectivity index (χ4n) is 8.63. The third-order valence-electron chi connectivity index (χ3n) is 11.7. The molecule has 0 spiro atoms. The number of halogens is 1. The summed E-state index contributed by atoms with van der Waals surface area (Å²) in [5.74, 6) is 1.34. The second-order valence-corrected chi connectivity index (χ2v) is 16.0. The molecule has 59 heavy (non-hydrogen) atoms. The van der Waals surface area contributed by atoms with Gasteiger partial charge in [0.2, 0.25) is 0 Å². The highest BCUT2D eigenvalue weighted by Gasteiger charge is 2.23. The molecule has 0 atom stereocenters. The van der Waals surface area contributed by atoms with Crippen LogP contribution in [0.1, 0.15) is 24.0 Å². The molecule has 13 nitrogen and oxygen atoms in total. The van der Waals surface area contributed by atoms with Gasteiger partial charge in [0.25, 0.3) is 11.8 Å². The van der Waals surface area contributed by atoms with E-state index in [9.17, 15) is 9.59 Å². The number of hydrogen-bond donors (Lipinski definition) is 4. The number of aromatic nitrogens is 3. The standard InChI is InChI=1S/C23H25ClN4O2.C22H25N5O2/c24-18-4-5-19-17(7-8-25-19)23(18)28-12-10-27(11-13-28)9-1-2-16-3-6-21-20(14-16)26-22(29)15-30-21;28-21-15-29-20-4-3-16(14-18(20)25-21)2-1-9-26-10-12-27(13-11-26)19-6-8-24-22-17(19)5-7-23-22/h3-8,14,25H,1-2,9-13,15H2,(H,26,29);3-8,14H,1-2,9-13,15H2,(H,23,24)(H,25,28). The summed E-state index contributed by atoms with van der Waals surface area (Å²) in [5.41, 5.74) is 8.54. The van der Waals surface area contributed by atoms with Crippen molar-refractivity contribution in [1.82, 2.24) is 24.8 Å². The Morgan fingerprint density at radius 3 is 1.83 bits per heavy atom. The minimum Gasteiger partial charge on any atom is -0.482 e. The monoisotopic (exact) mass is 815 g/mol. The first-order chi connectivity index (χ1) is 28.9. The molecule has 0 bridgehead atoms. The van der Waals surface area contributed by atoms with E-state index in [2.05, 4.69) is 75.5 Å². The van der Waals surface area contributed by atoms with Crippen molar-refractivity contribution in [3.63, 3.8) is 0 Å². The van der Waals surface area contributed by atoms with Gasteiger partial charge in [-0.1, -0.05) is 23.7 Å². The van der Waals surface area contributed by atoms with E-state index in [1.807, 2.05) is 55.0 Å². The number of nitrogens with zero attached hydrogens (tertiary/aromatic N) is 5. The second kappa shape index (κ2) is 17.6. The number of carbonyl (C=O) groups is 2. The zero-order valence-corrected chi connectivity index (χ0v) is 33.9. The first-order valence-electron chi connectivity index (χ1n) is 20.7. The quantitative estimate of drug-likeness (QED) is 0.121. The Hall–Kier alpha value is -5.76. The lowest BCUT2D eigenvalue weighted by Crippen LogP contribution is -2.46. The van der Waals surface area contributed by atoms with Gasteiger partial charge in [0.15, 0.2) is 13.2 Å². The molecular formula is C45H50ClN9O4. The molecule has 4 aliphatic heterocycles. The number of benzene rings is 3. The summed E-state index contributed by atoms with van der Waals surface area (Å²) in [6, 6.07) is 22.5. The van der Waals surface area contributed by atoms with E-state index >= 15 is 0 Å². The van der Waals surface area contributed by atoms with Gasteiger partial charge < -0.3 is 39.9 Å². The molecule has 4 N–H and O–H groups in total. The highest BCUT2D eigenvalue weighted by molar-refractivity contribution is 6.35. The zero-order valence-electron chi connectivity index (χ0n) is 33.1. The average molecular weight is 816 g/mol. The van der Waals surface area contributed by atoms with E-state index < -0.39 is 0 Å². The number of nitrogens with one attached hydrogen (secondary N) is 4. The van der Waals surface area contributed by atoms with Crippen LogP contribution in [0.15, 0.2) is 85.3 Å². The number of piperazine rings is 2. The lowest BCUT2D eigenvalue weighted by Gasteiger charge is -2.36. The third-order valence-corrected chi connectivity index (χ3v) is 12.0. The van der Waals surface area contributed by atoms with Gasteiger partial charge in [-0.3, -0.25) is 19.4 Å². The van der Waals surface area contributed by atoms with Crippen LogP contribution in [0.2, 0.25) is 5.02 Å². The molecule has 3 aromatic heterocycles. The topological polar surface area (TPSA) is 134 Å². The number of H-pyrrole nitrogens is 2. The van der Waals surface area contributed by atoms with Crippen molar-refractivity contribution in [3.8, 4) is 11.5 Å². The summed E-state index contributed by atoms with van der Waals surface area (Å²) in [5, 5.41) is 8.98. The molecule has 2 fully saturated rings. The number of amides is 2. The van der Waals surface area contributed by atoms with E-state index in [0.29, 0.717) is 0 Å². The normalized spacial score (nSPS) is 17.0. The van der Waals surface area contributed by atoms with Gasteiger partial charge in [0.05, 0.1) is 22.1 Å². The number of carbonyl (C=O) groups excluding carboxylic acids is 2. The van der Waals surface area contributed by atoms with Gasteiger partial charge in [-0.05, 0) is 104 Å². The third kappa shape index (κ3) is 8.97. The predicted octanol–water partition coefficient (Wildman–Crippen LogP) is 6.56. The number of rotatable bonds is 10. The van der Waals surface area contributed by atoms with Crippen molar-refractivity contribution in [2.75, 3.05) is 99.1 Å². The van der Waals surface area contributed by atoms with E-state index in [1.165, 1.54) is 27.6 Å². The largest absolute Gasteiger partial charge is 0.482 e. The molecule has 3 aromatic carbocycles. The van der Waals surface area contributed by atoms with Gasteiger partial charge >= 0.3 is 0 Å². The number of fused-ring (bicyclic) bond motifs is 4. The van der Waals surface area contributed by atoms with E-state index in [-0.39, 0.29) is 25.0 Å². The summed E-state index contributed by atoms with van der Waals surface area (Å²) >= 11 is 6.54. The van der Waals surface area contributed by atoms with Crippen LogP contribution >= 0.6 is 11.6 Å². The Balaban J connectivity index is 0.000000152. The number of ether oxygens (including phenoxy) is 2. The van der Waals surface area contributed by atoms with Crippen molar-refractivity contribution < 1.29 is 19.1 Å². The Kier molecular flexibility index (Phi) is 11.6. The van der Waals surface area contributed by atoms with Crippen molar-refractivity contribution in [2.24, 2.45) is 0 Å². The Labute approximate surface area is 348 Å². The predicted molar refractivity (Wildman–Crippen MR) is 234 cm³/mol. The molecule has 4 aliphatic rings. The maximum Gasteiger partial charge on any atom is 0.262 e. The molecule has 7 heterocycles. The molecule has 14 heteroatoms. The highest BCUT2D eigenvalue weighted by Crippen LogP contribution is 2.35. The number of aryl methyl sites for hydroxylation is 2. The smallest absolute Gasteiger partial charge is 0.262 e. The molecular weight excluding hydrogens is 766 g/mol. The van der Waals surface area contributed by atoms with Crippen molar-refractivity contribution >= 4 is 68.1 Å². The maximum absolute atomic E-state index is 11.5. The molecule has 2 saturated heterocycles. The highest BCUT2D eigenvalue weighted by atomic mass is 35.5. The van der Waals surface area contributed by atoms with Gasteiger partial charge in [-0.15, -0.1) is 0 Å². The molecule has 0 radical (unpaired) electrons. The Morgan fingerprint density at radius 1 is 0.627 bits per heavy atom. The van der Waals surface area contributed by atoms with Crippen molar-refractivity contribution in [3.05, 3.63) is 101 Å². The second-order valence-electron chi connectivity index (χ2n) is 15.6. The fourth-order valence-corrected chi connectivity index (χ4v) is 8.91. The molecule has 2 amide bonds. The van der Waals surface area contributed by atoms with Crippen LogP contribution in [0.4, 0.5) is 22.7 Å². The van der Waals surface area contributed by atoms with E-state index in [1.54, 1.807) is 0 Å². The molecule has 0 unspecified atom stereocenters. The summed E-state index contributed by atoms with van der Waals surface area (Å²) in [6.45, 7) is 10.6. The molecule has 0 saturated carbocycles. The number of aromatic amines is 2. The number of pyridine rings is 1. The van der Waals surface area contributed by atoms with Gasteiger partial charge in [-0.25, -0.2) is 4.98 Å². The van der Waals surface area contributed by atoms with Crippen LogP contribution in [-0.4, -0.2) is 115 Å². The minimum atomic E-state index is -0.0899. The Morgan fingerprint density at radius 2 is 1.20 bits per heavy atom. The zero-order chi connectivity index (χ0) is 40.1. The van der Waals surface area contributed by atoms with Crippen LogP contribution in [0.3, 0.4) is 0 Å². The first-order valence-corrected chi connectivity index (χ1v) is 21.0. The summed E-state index contributed by atoms with van der Waals surface area (Å²) in [7, 11) is 0. The summed E-state index contributed by atoms with van der Waals surface area (Å²) in [6.07, 6.45) is 9.98. The molecule has 10 rings (SSSR count). The van der Waals surface area contributed by atoms with Crippen LogP contribution in [0, 0.1) is 0 Å². The van der Waals surface area contributed by atoms with Crippen LogP contribution in [0.25, 0.3) is 21.9 Å².